The maximum absolute atomic E-state index is 13.1. The maximum atomic E-state index is 13.1. The maximum Gasteiger partial charge on any atom is 1.00 e. The van der Waals surface area contributed by atoms with E-state index >= 15 is 0 Å². The SMILES string of the molecule is CC(C)(COP(=O)([O-])OP(=O)([O-])OCC1OC(n2cnc3c(N)ncnc32)C([O-])C1OP(=O)([O-])[O-])C([O-])C(=O)NCCC(=O)NCCSC(=O)Cc1ccccc1.[Li+]. The molecule has 1 saturated heterocycles. The van der Waals surface area contributed by atoms with Gasteiger partial charge in [0.25, 0.3) is 15.6 Å². The molecule has 2 amide bonds. The van der Waals surface area contributed by atoms with Gasteiger partial charge in [-0.05, 0) is 23.2 Å². The molecule has 4 N–H and O–H groups in total. The number of anilines is 1. The summed E-state index contributed by atoms with van der Waals surface area (Å²) < 4.78 is 60.1. The summed E-state index contributed by atoms with van der Waals surface area (Å²) in [7, 11) is -17.7. The Balaban J connectivity index is 0.00000900. The number of carbonyl (C=O) groups is 3. The molecule has 1 aliphatic heterocycles. The van der Waals surface area contributed by atoms with Crippen molar-refractivity contribution >= 4 is 69.1 Å². The van der Waals surface area contributed by atoms with Crippen molar-refractivity contribution in [2.45, 2.75) is 57.3 Å². The monoisotopic (exact) mass is 886 g/mol. The predicted octanol–water partition coefficient (Wildman–Crippen LogP) is -6.88. The van der Waals surface area contributed by atoms with Gasteiger partial charge in [0, 0.05) is 31.7 Å². The van der Waals surface area contributed by atoms with Crippen LogP contribution in [-0.2, 0) is 57.1 Å². The minimum atomic E-state index is -5.95. The molecule has 1 aliphatic rings. The van der Waals surface area contributed by atoms with Crippen molar-refractivity contribution < 1.29 is 99.3 Å². The summed E-state index contributed by atoms with van der Waals surface area (Å²) in [5, 5.41) is 30.7. The topological polar surface area (TPSA) is 381 Å². The zero-order valence-electron chi connectivity index (χ0n) is 30.9. The number of nitrogens with zero attached hydrogens (tertiary/aromatic N) is 4. The zero-order chi connectivity index (χ0) is 42.2. The number of carbonyl (C=O) groups excluding carboxylic acids is 3. The minimum absolute atomic E-state index is 0. The first kappa shape index (κ1) is 49.7. The van der Waals surface area contributed by atoms with Gasteiger partial charge in [-0.25, -0.2) is 19.3 Å². The Kier molecular flexibility index (Phi) is 18.2. The molecule has 29 heteroatoms. The quantitative estimate of drug-likeness (QED) is 0.0508. The van der Waals surface area contributed by atoms with E-state index in [-0.39, 0.29) is 66.9 Å². The van der Waals surface area contributed by atoms with Crippen LogP contribution in [-0.4, -0.2) is 92.9 Å². The van der Waals surface area contributed by atoms with E-state index in [2.05, 4.69) is 43.5 Å². The van der Waals surface area contributed by atoms with Crippen molar-refractivity contribution in [2.75, 3.05) is 37.8 Å². The average molecular weight is 887 g/mol. The molecule has 7 unspecified atom stereocenters. The molecule has 0 radical (unpaired) electrons. The van der Waals surface area contributed by atoms with Gasteiger partial charge in [0.1, 0.15) is 24.2 Å². The second-order valence-corrected chi connectivity index (χ2v) is 18.0. The number of aromatic nitrogens is 4. The van der Waals surface area contributed by atoms with Crippen LogP contribution in [0.4, 0.5) is 5.82 Å². The molecular weight excluding hydrogens is 850 g/mol. The summed E-state index contributed by atoms with van der Waals surface area (Å²) in [6.07, 6.45) is -8.28. The first-order chi connectivity index (χ1) is 26.6. The van der Waals surface area contributed by atoms with Crippen LogP contribution in [0.15, 0.2) is 43.0 Å². The van der Waals surface area contributed by atoms with Crippen molar-refractivity contribution in [1.29, 1.82) is 0 Å². The number of hydrogen-bond acceptors (Lipinski definition) is 22. The molecule has 3 heterocycles. The third-order valence-corrected chi connectivity index (χ3v) is 11.8. The Morgan fingerprint density at radius 1 is 1.02 bits per heavy atom. The number of amides is 2. The van der Waals surface area contributed by atoms with Crippen LogP contribution in [0.3, 0.4) is 0 Å². The van der Waals surface area contributed by atoms with E-state index in [1.807, 2.05) is 30.3 Å². The Morgan fingerprint density at radius 2 is 1.69 bits per heavy atom. The Hall–Kier alpha value is -2.62. The number of nitrogens with one attached hydrogen (secondary N) is 2. The number of nitrogen functional groups attached to an aromatic ring is 1. The Labute approximate surface area is 346 Å². The van der Waals surface area contributed by atoms with E-state index in [4.69, 9.17) is 10.5 Å². The molecule has 24 nitrogen and oxygen atoms in total. The van der Waals surface area contributed by atoms with E-state index in [1.54, 1.807) is 0 Å². The molecule has 1 aromatic carbocycles. The molecule has 316 valence electrons. The molecule has 4 rings (SSSR count). The number of benzene rings is 1. The molecular formula is C29H36LiN7O17P3S-5. The van der Waals surface area contributed by atoms with Crippen molar-refractivity contribution in [1.82, 2.24) is 30.2 Å². The van der Waals surface area contributed by atoms with Crippen LogP contribution in [0.1, 0.15) is 32.1 Å². The number of phosphoric ester groups is 3. The largest absolute Gasteiger partial charge is 1.00 e. The van der Waals surface area contributed by atoms with E-state index < -0.39 is 84.6 Å². The summed E-state index contributed by atoms with van der Waals surface area (Å²) in [5.41, 5.74) is 4.71. The van der Waals surface area contributed by atoms with Gasteiger partial charge in [-0.3, -0.25) is 28.1 Å². The first-order valence-electron chi connectivity index (χ1n) is 16.5. The van der Waals surface area contributed by atoms with Gasteiger partial charge < -0.3 is 69.0 Å². The first-order valence-corrected chi connectivity index (χ1v) is 21.9. The summed E-state index contributed by atoms with van der Waals surface area (Å²) in [6.45, 7) is -0.241. The van der Waals surface area contributed by atoms with Crippen LogP contribution in [0.2, 0.25) is 0 Å². The summed E-state index contributed by atoms with van der Waals surface area (Å²) >= 11 is 1.04. The van der Waals surface area contributed by atoms with Gasteiger partial charge in [0.2, 0.25) is 11.8 Å². The number of fused-ring (bicyclic) bond motifs is 1. The van der Waals surface area contributed by atoms with Crippen LogP contribution >= 0.6 is 35.2 Å². The minimum Gasteiger partial charge on any atom is -0.847 e. The molecule has 2 aromatic heterocycles. The smallest absolute Gasteiger partial charge is 0.847 e. The second-order valence-electron chi connectivity index (χ2n) is 12.8. The van der Waals surface area contributed by atoms with Crippen LogP contribution in [0.5, 0.6) is 0 Å². The van der Waals surface area contributed by atoms with Gasteiger partial charge in [-0.2, -0.15) is 0 Å². The van der Waals surface area contributed by atoms with Crippen molar-refractivity contribution in [3.63, 3.8) is 0 Å². The van der Waals surface area contributed by atoms with Crippen molar-refractivity contribution in [2.24, 2.45) is 5.41 Å². The van der Waals surface area contributed by atoms with Gasteiger partial charge in [-0.15, -0.1) is 0 Å². The molecule has 0 bridgehead atoms. The number of hydrogen-bond donors (Lipinski definition) is 3. The fraction of sp³-hybridized carbons (Fsp3) is 0.517. The predicted molar refractivity (Wildman–Crippen MR) is 184 cm³/mol. The van der Waals surface area contributed by atoms with E-state index in [1.165, 1.54) is 0 Å². The summed E-state index contributed by atoms with van der Waals surface area (Å²) in [5.74, 6) is -1.41. The third kappa shape index (κ3) is 14.8. The number of imidazole rings is 1. The molecule has 0 spiro atoms. The number of rotatable bonds is 21. The van der Waals surface area contributed by atoms with Gasteiger partial charge in [0.15, 0.2) is 16.6 Å². The summed E-state index contributed by atoms with van der Waals surface area (Å²) in [6, 6.07) is 9.10. The molecule has 3 aromatic rings. The fourth-order valence-corrected chi connectivity index (χ4v) is 8.49. The van der Waals surface area contributed by atoms with E-state index in [0.29, 0.717) is 5.75 Å². The zero-order valence-corrected chi connectivity index (χ0v) is 34.4. The molecule has 0 aliphatic carbocycles. The van der Waals surface area contributed by atoms with Crippen LogP contribution in [0, 0.1) is 5.41 Å². The fourth-order valence-electron chi connectivity index (χ4n) is 5.06. The van der Waals surface area contributed by atoms with Crippen molar-refractivity contribution in [3.05, 3.63) is 48.5 Å². The van der Waals surface area contributed by atoms with Gasteiger partial charge in [-0.1, -0.05) is 55.9 Å². The number of phosphoric acid groups is 3. The van der Waals surface area contributed by atoms with E-state index in [0.717, 1.165) is 48.4 Å². The standard InChI is InChI=1S/C29H40N7O17P3S.Li/c1-29(2,24(40)27(41)32-9-8-19(37)31-10-11-57-20(38)12-17-6-4-3-5-7-17)14-50-56(47,48)53-55(45,46)49-13-18-23(52-54(42,43)44)22(39)28(51-18)36-16-35-21-25(30)33-15-34-26(21)36;/h3-7,15-16,18,22-24,28H,8-14H2,1-2H3,(H,31,37)(H,32,41)(H,45,46)(H,47,48)(H2,30,33,34)(H2,42,43,44);/q-2;+1/p-4. The van der Waals surface area contributed by atoms with Crippen LogP contribution < -0.4 is 65.0 Å². The molecule has 1 fully saturated rings. The number of nitrogens with two attached hydrogens (primary N) is 1. The normalized spacial score (nSPS) is 21.0. The van der Waals surface area contributed by atoms with E-state index in [9.17, 15) is 57.9 Å². The van der Waals surface area contributed by atoms with Crippen LogP contribution in [0.25, 0.3) is 11.2 Å². The molecule has 58 heavy (non-hydrogen) atoms. The number of thioether (sulfide) groups is 1. The second kappa shape index (κ2) is 21.3. The molecule has 0 saturated carbocycles. The van der Waals surface area contributed by atoms with Gasteiger partial charge in [0.05, 0.1) is 33.5 Å². The summed E-state index contributed by atoms with van der Waals surface area (Å²) in [4.78, 5) is 95.9. The Bertz CT molecular complexity index is 2030. The Morgan fingerprint density at radius 3 is 2.36 bits per heavy atom. The number of ether oxygens (including phenoxy) is 1. The third-order valence-electron chi connectivity index (χ3n) is 7.87. The van der Waals surface area contributed by atoms with Gasteiger partial charge >= 0.3 is 18.9 Å². The molecule has 7 atom stereocenters. The van der Waals surface area contributed by atoms with Crippen molar-refractivity contribution in [3.8, 4) is 0 Å². The average Bonchev–Trinajstić information content (AvgIpc) is 3.68.